The summed E-state index contributed by atoms with van der Waals surface area (Å²) in [6, 6.07) is 0.410. The molecule has 80 valence electrons. The van der Waals surface area contributed by atoms with Crippen molar-refractivity contribution in [1.29, 1.82) is 0 Å². The Labute approximate surface area is 84.1 Å². The first-order valence-electron chi connectivity index (χ1n) is 5.20. The van der Waals surface area contributed by atoms with Gasteiger partial charge in [0.1, 0.15) is 0 Å². The summed E-state index contributed by atoms with van der Waals surface area (Å²) in [6.45, 7) is 2.76. The third kappa shape index (κ3) is 1.53. The zero-order valence-corrected chi connectivity index (χ0v) is 8.78. The monoisotopic (exact) mass is 199 g/mol. The SMILES string of the molecule is COC(=O)[C@]1(C)C[C@@H]2CCCCN2O1. The summed E-state index contributed by atoms with van der Waals surface area (Å²) in [5.41, 5.74) is -0.746. The number of hydrogen-bond acceptors (Lipinski definition) is 4. The average Bonchev–Trinajstić information content (AvgIpc) is 2.54. The van der Waals surface area contributed by atoms with Gasteiger partial charge in [0.05, 0.1) is 7.11 Å². The molecule has 4 nitrogen and oxygen atoms in total. The van der Waals surface area contributed by atoms with Crippen molar-refractivity contribution < 1.29 is 14.4 Å². The summed E-state index contributed by atoms with van der Waals surface area (Å²) >= 11 is 0. The molecular formula is C10H17NO3. The van der Waals surface area contributed by atoms with E-state index in [9.17, 15) is 4.79 Å². The van der Waals surface area contributed by atoms with Crippen LogP contribution in [0.1, 0.15) is 32.6 Å². The fraction of sp³-hybridized carbons (Fsp3) is 0.900. The zero-order valence-electron chi connectivity index (χ0n) is 8.78. The van der Waals surface area contributed by atoms with Gasteiger partial charge in [-0.2, -0.15) is 5.06 Å². The van der Waals surface area contributed by atoms with Gasteiger partial charge in [-0.1, -0.05) is 6.42 Å². The number of carbonyl (C=O) groups excluding carboxylic acids is 1. The lowest BCUT2D eigenvalue weighted by atomic mass is 9.94. The van der Waals surface area contributed by atoms with Crippen molar-refractivity contribution in [3.8, 4) is 0 Å². The minimum absolute atomic E-state index is 0.258. The number of fused-ring (bicyclic) bond motifs is 1. The van der Waals surface area contributed by atoms with Crippen LogP contribution in [0.25, 0.3) is 0 Å². The van der Waals surface area contributed by atoms with Gasteiger partial charge in [0.25, 0.3) is 0 Å². The lowest BCUT2D eigenvalue weighted by Gasteiger charge is -2.27. The van der Waals surface area contributed by atoms with Crippen LogP contribution in [-0.2, 0) is 14.4 Å². The normalized spacial score (nSPS) is 38.0. The Balaban J connectivity index is 2.07. The number of methoxy groups -OCH3 is 1. The van der Waals surface area contributed by atoms with E-state index in [4.69, 9.17) is 9.57 Å². The van der Waals surface area contributed by atoms with Gasteiger partial charge in [-0.25, -0.2) is 4.79 Å². The topological polar surface area (TPSA) is 38.8 Å². The Kier molecular flexibility index (Phi) is 2.49. The molecule has 0 aliphatic carbocycles. The first-order chi connectivity index (χ1) is 6.65. The van der Waals surface area contributed by atoms with Crippen molar-refractivity contribution in [2.24, 2.45) is 0 Å². The lowest BCUT2D eigenvalue weighted by molar-refractivity contribution is -0.218. The number of rotatable bonds is 1. The molecule has 2 aliphatic rings. The fourth-order valence-corrected chi connectivity index (χ4v) is 2.38. The molecule has 2 aliphatic heterocycles. The Morgan fingerprint density at radius 3 is 3.00 bits per heavy atom. The van der Waals surface area contributed by atoms with Gasteiger partial charge in [-0.15, -0.1) is 0 Å². The quantitative estimate of drug-likeness (QED) is 0.593. The van der Waals surface area contributed by atoms with E-state index < -0.39 is 5.60 Å². The Morgan fingerprint density at radius 1 is 1.57 bits per heavy atom. The third-order valence-electron chi connectivity index (χ3n) is 3.13. The van der Waals surface area contributed by atoms with Crippen LogP contribution in [0.15, 0.2) is 0 Å². The molecule has 4 heteroatoms. The molecule has 0 aromatic heterocycles. The van der Waals surface area contributed by atoms with Crippen LogP contribution >= 0.6 is 0 Å². The number of hydrogen-bond donors (Lipinski definition) is 0. The molecule has 14 heavy (non-hydrogen) atoms. The second-order valence-electron chi connectivity index (χ2n) is 4.31. The van der Waals surface area contributed by atoms with Crippen LogP contribution < -0.4 is 0 Å². The molecule has 0 N–H and O–H groups in total. The highest BCUT2D eigenvalue weighted by Gasteiger charge is 2.48. The molecule has 0 aromatic carbocycles. The first-order valence-corrected chi connectivity index (χ1v) is 5.20. The summed E-state index contributed by atoms with van der Waals surface area (Å²) < 4.78 is 4.75. The highest BCUT2D eigenvalue weighted by Crippen LogP contribution is 2.36. The molecule has 2 fully saturated rings. The molecular weight excluding hydrogens is 182 g/mol. The van der Waals surface area contributed by atoms with E-state index in [1.165, 1.54) is 13.5 Å². The number of carbonyl (C=O) groups is 1. The number of nitrogens with zero attached hydrogens (tertiary/aromatic N) is 1. The van der Waals surface area contributed by atoms with Gasteiger partial charge >= 0.3 is 5.97 Å². The predicted molar refractivity (Wildman–Crippen MR) is 50.5 cm³/mol. The van der Waals surface area contributed by atoms with Crippen molar-refractivity contribution in [1.82, 2.24) is 5.06 Å². The molecule has 0 spiro atoms. The average molecular weight is 199 g/mol. The van der Waals surface area contributed by atoms with E-state index in [0.29, 0.717) is 6.04 Å². The van der Waals surface area contributed by atoms with Crippen LogP contribution in [0, 0.1) is 0 Å². The van der Waals surface area contributed by atoms with E-state index in [2.05, 4.69) is 0 Å². The summed E-state index contributed by atoms with van der Waals surface area (Å²) in [5.74, 6) is -0.258. The van der Waals surface area contributed by atoms with Gasteiger partial charge in [0, 0.05) is 19.0 Å². The molecule has 2 heterocycles. The van der Waals surface area contributed by atoms with Crippen LogP contribution in [0.3, 0.4) is 0 Å². The second kappa shape index (κ2) is 3.51. The van der Waals surface area contributed by atoms with Crippen LogP contribution in [-0.4, -0.2) is 36.3 Å². The first kappa shape index (κ1) is 9.93. The highest BCUT2D eigenvalue weighted by atomic mass is 16.7. The Bertz CT molecular complexity index is 228. The highest BCUT2D eigenvalue weighted by molar-refractivity contribution is 5.79. The number of piperidine rings is 1. The van der Waals surface area contributed by atoms with Crippen molar-refractivity contribution in [3.05, 3.63) is 0 Å². The van der Waals surface area contributed by atoms with Gasteiger partial charge < -0.3 is 4.74 Å². The minimum Gasteiger partial charge on any atom is -0.467 e. The maximum Gasteiger partial charge on any atom is 0.340 e. The third-order valence-corrected chi connectivity index (χ3v) is 3.13. The van der Waals surface area contributed by atoms with E-state index in [1.54, 1.807) is 0 Å². The van der Waals surface area contributed by atoms with Crippen LogP contribution in [0.4, 0.5) is 0 Å². The van der Waals surface area contributed by atoms with Crippen molar-refractivity contribution in [3.63, 3.8) is 0 Å². The predicted octanol–water partition coefficient (Wildman–Crippen LogP) is 1.11. The van der Waals surface area contributed by atoms with Crippen LogP contribution in [0.2, 0.25) is 0 Å². The van der Waals surface area contributed by atoms with Crippen molar-refractivity contribution in [2.75, 3.05) is 13.7 Å². The molecule has 2 rings (SSSR count). The lowest BCUT2D eigenvalue weighted by Crippen LogP contribution is -2.37. The minimum atomic E-state index is -0.746. The molecule has 0 bridgehead atoms. The fourth-order valence-electron chi connectivity index (χ4n) is 2.38. The smallest absolute Gasteiger partial charge is 0.340 e. The summed E-state index contributed by atoms with van der Waals surface area (Å²) in [4.78, 5) is 17.2. The number of hydroxylamine groups is 2. The molecule has 0 aromatic rings. The number of ether oxygens (including phenoxy) is 1. The standard InChI is InChI=1S/C10H17NO3/c1-10(9(12)13-2)7-8-5-3-4-6-11(8)14-10/h8H,3-7H2,1-2H3/t8-,10-/m0/s1. The van der Waals surface area contributed by atoms with E-state index in [0.717, 1.165) is 25.8 Å². The van der Waals surface area contributed by atoms with E-state index in [1.807, 2.05) is 12.0 Å². The molecule has 0 saturated carbocycles. The summed E-state index contributed by atoms with van der Waals surface area (Å²) in [7, 11) is 1.41. The van der Waals surface area contributed by atoms with Gasteiger partial charge in [-0.05, 0) is 19.8 Å². The summed E-state index contributed by atoms with van der Waals surface area (Å²) in [6.07, 6.45) is 4.29. The van der Waals surface area contributed by atoms with Gasteiger partial charge in [0.2, 0.25) is 0 Å². The van der Waals surface area contributed by atoms with Crippen LogP contribution in [0.5, 0.6) is 0 Å². The maximum atomic E-state index is 11.5. The van der Waals surface area contributed by atoms with Crippen molar-refractivity contribution >= 4 is 5.97 Å². The van der Waals surface area contributed by atoms with Gasteiger partial charge in [0.15, 0.2) is 5.60 Å². The molecule has 0 radical (unpaired) electrons. The van der Waals surface area contributed by atoms with E-state index >= 15 is 0 Å². The molecule has 0 unspecified atom stereocenters. The maximum absolute atomic E-state index is 11.5. The largest absolute Gasteiger partial charge is 0.467 e. The molecule has 2 atom stereocenters. The number of esters is 1. The van der Waals surface area contributed by atoms with E-state index in [-0.39, 0.29) is 5.97 Å². The van der Waals surface area contributed by atoms with Gasteiger partial charge in [-0.3, -0.25) is 4.84 Å². The Hall–Kier alpha value is -0.610. The summed E-state index contributed by atoms with van der Waals surface area (Å²) in [5, 5.41) is 1.96. The molecule has 2 saturated heterocycles. The Morgan fingerprint density at radius 2 is 2.36 bits per heavy atom. The zero-order chi connectivity index (χ0) is 10.2. The molecule has 0 amide bonds. The second-order valence-corrected chi connectivity index (χ2v) is 4.31. The van der Waals surface area contributed by atoms with Crippen molar-refractivity contribution in [2.45, 2.75) is 44.2 Å².